The van der Waals surface area contributed by atoms with Crippen molar-refractivity contribution in [1.29, 1.82) is 0 Å². The fraction of sp³-hybridized carbons (Fsp3) is 0.167. The predicted molar refractivity (Wildman–Crippen MR) is 90.1 cm³/mol. The van der Waals surface area contributed by atoms with E-state index in [2.05, 4.69) is 15.4 Å². The van der Waals surface area contributed by atoms with Crippen molar-refractivity contribution in [2.75, 3.05) is 5.32 Å². The number of aromatic nitrogens is 3. The molecule has 0 aliphatic carbocycles. The van der Waals surface area contributed by atoms with Crippen LogP contribution in [-0.2, 0) is 23.6 Å². The number of alkyl halides is 6. The summed E-state index contributed by atoms with van der Waals surface area (Å²) in [4.78, 5) is 15.4. The quantitative estimate of drug-likeness (QED) is 0.483. The highest BCUT2D eigenvalue weighted by Crippen LogP contribution is 2.36. The number of hydrogen-bond acceptors (Lipinski definition) is 3. The van der Waals surface area contributed by atoms with E-state index in [4.69, 9.17) is 0 Å². The third kappa shape index (κ3) is 4.75. The normalized spacial score (nSPS) is 12.1. The number of amides is 1. The monoisotopic (exact) mass is 432 g/mol. The lowest BCUT2D eigenvalue weighted by molar-refractivity contribution is -0.143. The van der Waals surface area contributed by atoms with Crippen LogP contribution in [0.4, 0.5) is 36.4 Å². The molecule has 3 aromatic rings. The highest BCUT2D eigenvalue weighted by molar-refractivity contribution is 5.92. The highest BCUT2D eigenvalue weighted by Gasteiger charge is 2.42. The van der Waals surface area contributed by atoms with E-state index in [0.29, 0.717) is 0 Å². The molecule has 2 heterocycles. The third-order valence-corrected chi connectivity index (χ3v) is 3.87. The first-order valence-corrected chi connectivity index (χ1v) is 8.19. The predicted octanol–water partition coefficient (Wildman–Crippen LogP) is 4.63. The van der Waals surface area contributed by atoms with Crippen molar-refractivity contribution in [2.45, 2.75) is 18.8 Å². The molecule has 158 valence electrons. The summed E-state index contributed by atoms with van der Waals surface area (Å²) < 4.78 is 91.3. The molecule has 0 atom stereocenters. The van der Waals surface area contributed by atoms with Gasteiger partial charge in [-0.15, -0.1) is 0 Å². The SMILES string of the molecule is O=C(Cc1cccnc1F)Nc1ccc(-n2nc(C(F)(F)F)cc2C(F)(F)F)cc1. The number of carbonyl (C=O) groups excluding carboxylic acids is 1. The van der Waals surface area contributed by atoms with Crippen molar-refractivity contribution in [3.8, 4) is 5.69 Å². The maximum atomic E-state index is 13.5. The number of benzene rings is 1. The zero-order valence-corrected chi connectivity index (χ0v) is 14.7. The molecule has 0 unspecified atom stereocenters. The molecule has 0 aliphatic rings. The number of hydrogen-bond donors (Lipinski definition) is 1. The van der Waals surface area contributed by atoms with E-state index in [9.17, 15) is 35.5 Å². The lowest BCUT2D eigenvalue weighted by Crippen LogP contribution is -2.16. The van der Waals surface area contributed by atoms with Gasteiger partial charge in [-0.25, -0.2) is 9.67 Å². The Hall–Kier alpha value is -3.44. The molecule has 0 aliphatic heterocycles. The van der Waals surface area contributed by atoms with E-state index in [1.54, 1.807) is 0 Å². The van der Waals surface area contributed by atoms with Crippen LogP contribution in [-0.4, -0.2) is 20.7 Å². The second-order valence-corrected chi connectivity index (χ2v) is 6.05. The molecule has 2 aromatic heterocycles. The number of rotatable bonds is 4. The second-order valence-electron chi connectivity index (χ2n) is 6.05. The van der Waals surface area contributed by atoms with Gasteiger partial charge in [-0.1, -0.05) is 6.07 Å². The molecule has 3 rings (SSSR count). The zero-order chi connectivity index (χ0) is 22.1. The zero-order valence-electron chi connectivity index (χ0n) is 14.7. The topological polar surface area (TPSA) is 59.8 Å². The van der Waals surface area contributed by atoms with Crippen molar-refractivity contribution < 1.29 is 35.5 Å². The Balaban J connectivity index is 1.81. The Morgan fingerprint density at radius 2 is 1.67 bits per heavy atom. The van der Waals surface area contributed by atoms with Gasteiger partial charge in [0.15, 0.2) is 5.69 Å². The standard InChI is InChI=1S/C18H11F7N4O/c19-16-10(2-1-7-26-16)8-15(30)27-11-3-5-12(6-4-11)29-14(18(23,24)25)9-13(28-29)17(20,21)22/h1-7,9H,8H2,(H,27,30). The van der Waals surface area contributed by atoms with Gasteiger partial charge < -0.3 is 5.32 Å². The van der Waals surface area contributed by atoms with Crippen LogP contribution in [0.3, 0.4) is 0 Å². The molecule has 0 radical (unpaired) electrons. The first-order valence-electron chi connectivity index (χ1n) is 8.19. The van der Waals surface area contributed by atoms with Gasteiger partial charge in [0.05, 0.1) is 12.1 Å². The van der Waals surface area contributed by atoms with Crippen molar-refractivity contribution in [3.63, 3.8) is 0 Å². The molecule has 5 nitrogen and oxygen atoms in total. The van der Waals surface area contributed by atoms with Gasteiger partial charge in [-0.05, 0) is 30.3 Å². The molecule has 0 spiro atoms. The number of pyridine rings is 1. The summed E-state index contributed by atoms with van der Waals surface area (Å²) in [6.07, 6.45) is -9.25. The van der Waals surface area contributed by atoms with Crippen molar-refractivity contribution in [3.05, 3.63) is 71.6 Å². The van der Waals surface area contributed by atoms with Crippen LogP contribution >= 0.6 is 0 Å². The van der Waals surface area contributed by atoms with Gasteiger partial charge in [0.2, 0.25) is 11.9 Å². The van der Waals surface area contributed by atoms with Gasteiger partial charge in [0.1, 0.15) is 5.69 Å². The summed E-state index contributed by atoms with van der Waals surface area (Å²) in [5.74, 6) is -1.44. The minimum Gasteiger partial charge on any atom is -0.326 e. The summed E-state index contributed by atoms with van der Waals surface area (Å²) in [6, 6.07) is 7.20. The molecule has 0 fully saturated rings. The second kappa shape index (κ2) is 7.76. The maximum absolute atomic E-state index is 13.5. The van der Waals surface area contributed by atoms with E-state index in [1.165, 1.54) is 30.5 Å². The summed E-state index contributed by atoms with van der Waals surface area (Å²) in [5.41, 5.74) is -3.40. The fourth-order valence-electron chi connectivity index (χ4n) is 2.53. The van der Waals surface area contributed by atoms with Crippen LogP contribution < -0.4 is 5.32 Å². The Morgan fingerprint density at radius 1 is 1.00 bits per heavy atom. The van der Waals surface area contributed by atoms with E-state index in [0.717, 1.165) is 12.1 Å². The van der Waals surface area contributed by atoms with E-state index < -0.39 is 35.6 Å². The number of nitrogens with zero attached hydrogens (tertiary/aromatic N) is 3. The van der Waals surface area contributed by atoms with Gasteiger partial charge in [-0.2, -0.15) is 35.8 Å². The lowest BCUT2D eigenvalue weighted by atomic mass is 10.2. The van der Waals surface area contributed by atoms with Gasteiger partial charge in [0, 0.05) is 23.5 Å². The van der Waals surface area contributed by atoms with Crippen LogP contribution in [0, 0.1) is 5.95 Å². The molecule has 30 heavy (non-hydrogen) atoms. The van der Waals surface area contributed by atoms with Crippen molar-refractivity contribution in [2.24, 2.45) is 0 Å². The summed E-state index contributed by atoms with van der Waals surface area (Å²) in [7, 11) is 0. The fourth-order valence-corrected chi connectivity index (χ4v) is 2.53. The van der Waals surface area contributed by atoms with Crippen LogP contribution in [0.15, 0.2) is 48.7 Å². The number of anilines is 1. The summed E-state index contributed by atoms with van der Waals surface area (Å²) >= 11 is 0. The van der Waals surface area contributed by atoms with Gasteiger partial charge in [-0.3, -0.25) is 4.79 Å². The molecular weight excluding hydrogens is 421 g/mol. The molecule has 1 amide bonds. The van der Waals surface area contributed by atoms with Crippen LogP contribution in [0.5, 0.6) is 0 Å². The molecule has 1 aromatic carbocycles. The van der Waals surface area contributed by atoms with Gasteiger partial charge in [0.25, 0.3) is 0 Å². The third-order valence-electron chi connectivity index (χ3n) is 3.87. The Kier molecular flexibility index (Phi) is 5.51. The highest BCUT2D eigenvalue weighted by atomic mass is 19.4. The van der Waals surface area contributed by atoms with Crippen LogP contribution in [0.25, 0.3) is 5.69 Å². The van der Waals surface area contributed by atoms with Crippen molar-refractivity contribution >= 4 is 11.6 Å². The Labute approximate surface area is 164 Å². The number of nitrogens with one attached hydrogen (secondary N) is 1. The minimum absolute atomic E-state index is 0.0395. The molecule has 1 N–H and O–H groups in total. The van der Waals surface area contributed by atoms with Crippen LogP contribution in [0.1, 0.15) is 17.0 Å². The lowest BCUT2D eigenvalue weighted by Gasteiger charge is -2.11. The largest absolute Gasteiger partial charge is 0.435 e. The smallest absolute Gasteiger partial charge is 0.326 e. The molecule has 0 bridgehead atoms. The van der Waals surface area contributed by atoms with Crippen LogP contribution in [0.2, 0.25) is 0 Å². The van der Waals surface area contributed by atoms with E-state index in [1.807, 2.05) is 0 Å². The first-order chi connectivity index (χ1) is 13.9. The maximum Gasteiger partial charge on any atom is 0.435 e. The Morgan fingerprint density at radius 3 is 2.23 bits per heavy atom. The average molecular weight is 432 g/mol. The summed E-state index contributed by atoms with van der Waals surface area (Å²) in [6.45, 7) is 0. The Bertz CT molecular complexity index is 1060. The average Bonchev–Trinajstić information content (AvgIpc) is 3.10. The number of carbonyl (C=O) groups is 1. The van der Waals surface area contributed by atoms with E-state index in [-0.39, 0.29) is 34.1 Å². The minimum atomic E-state index is -5.07. The molecule has 12 heteroatoms. The first kappa shape index (κ1) is 21.3. The molecule has 0 saturated carbocycles. The molecule has 0 saturated heterocycles. The summed E-state index contributed by atoms with van der Waals surface area (Å²) in [5, 5.41) is 5.42. The van der Waals surface area contributed by atoms with Crippen molar-refractivity contribution in [1.82, 2.24) is 14.8 Å². The van der Waals surface area contributed by atoms with Gasteiger partial charge >= 0.3 is 12.4 Å². The number of halogens is 7. The van der Waals surface area contributed by atoms with E-state index >= 15 is 0 Å². The molecular formula is C18H11F7N4O.